The van der Waals surface area contributed by atoms with Gasteiger partial charge in [0, 0.05) is 4.88 Å². The molecule has 0 spiro atoms. The van der Waals surface area contributed by atoms with Gasteiger partial charge in [-0.15, -0.1) is 11.3 Å². The van der Waals surface area contributed by atoms with E-state index in [0.29, 0.717) is 11.0 Å². The van der Waals surface area contributed by atoms with Gasteiger partial charge in [-0.25, -0.2) is 22.9 Å². The number of nitrogens with zero attached hydrogens (tertiary/aromatic N) is 1. The van der Waals surface area contributed by atoms with Gasteiger partial charge >= 0.3 is 0 Å². The Kier molecular flexibility index (Phi) is 4.90. The van der Waals surface area contributed by atoms with Crippen molar-refractivity contribution in [3.63, 3.8) is 0 Å². The van der Waals surface area contributed by atoms with Crippen LogP contribution in [0.4, 0.5) is 9.52 Å². The summed E-state index contributed by atoms with van der Waals surface area (Å²) in [5.74, 6) is -0.979. The van der Waals surface area contributed by atoms with Crippen molar-refractivity contribution in [2.75, 3.05) is 5.32 Å². The van der Waals surface area contributed by atoms with Crippen LogP contribution in [0.5, 0.6) is 0 Å². The summed E-state index contributed by atoms with van der Waals surface area (Å²) >= 11 is 1.41. The maximum absolute atomic E-state index is 14.1. The molecular weight excluding hydrogens is 365 g/mol. The molecule has 3 rings (SSSR count). The molecule has 1 aliphatic carbocycles. The zero-order valence-electron chi connectivity index (χ0n) is 13.6. The number of amides is 1. The number of rotatable bonds is 4. The van der Waals surface area contributed by atoms with E-state index in [1.54, 1.807) is 0 Å². The van der Waals surface area contributed by atoms with Crippen LogP contribution in [0.3, 0.4) is 0 Å². The first-order chi connectivity index (χ1) is 11.8. The number of nitrogens with two attached hydrogens (primary N) is 1. The van der Waals surface area contributed by atoms with Gasteiger partial charge < -0.3 is 0 Å². The summed E-state index contributed by atoms with van der Waals surface area (Å²) in [6.45, 7) is 2.16. The molecule has 1 atom stereocenters. The Balaban J connectivity index is 1.78. The van der Waals surface area contributed by atoms with Gasteiger partial charge in [-0.1, -0.05) is 13.3 Å². The highest BCUT2D eigenvalue weighted by atomic mass is 32.2. The van der Waals surface area contributed by atoms with Crippen molar-refractivity contribution in [2.45, 2.75) is 37.5 Å². The number of benzene rings is 1. The number of nitrogens with one attached hydrogen (secondary N) is 1. The molecule has 1 aliphatic rings. The smallest absolute Gasteiger partial charge is 0.260 e. The van der Waals surface area contributed by atoms with Crippen molar-refractivity contribution in [1.29, 1.82) is 0 Å². The first kappa shape index (κ1) is 18.0. The normalized spacial score (nSPS) is 17.2. The summed E-state index contributed by atoms with van der Waals surface area (Å²) in [5, 5.41) is 7.98. The van der Waals surface area contributed by atoms with Crippen LogP contribution in [-0.4, -0.2) is 19.3 Å². The number of anilines is 1. The number of hydrogen-bond donors (Lipinski definition) is 2. The molecule has 1 heterocycles. The molecular formula is C16H18FN3O3S2. The highest BCUT2D eigenvalue weighted by Gasteiger charge is 2.23. The highest BCUT2D eigenvalue weighted by molar-refractivity contribution is 7.89. The van der Waals surface area contributed by atoms with Gasteiger partial charge in [0.15, 0.2) is 5.13 Å². The minimum absolute atomic E-state index is 0.257. The van der Waals surface area contributed by atoms with Crippen molar-refractivity contribution < 1.29 is 17.6 Å². The van der Waals surface area contributed by atoms with Crippen LogP contribution in [-0.2, 0) is 22.9 Å². The van der Waals surface area contributed by atoms with E-state index in [-0.39, 0.29) is 10.5 Å². The van der Waals surface area contributed by atoms with E-state index < -0.39 is 21.7 Å². The summed E-state index contributed by atoms with van der Waals surface area (Å²) in [6.07, 6.45) is 4.04. The Morgan fingerprint density at radius 2 is 2.24 bits per heavy atom. The zero-order chi connectivity index (χ0) is 18.2. The molecule has 3 N–H and O–H groups in total. The molecule has 0 radical (unpaired) electrons. The summed E-state index contributed by atoms with van der Waals surface area (Å²) in [4.78, 5) is 17.5. The summed E-state index contributed by atoms with van der Waals surface area (Å²) in [5.41, 5.74) is 0.738. The minimum atomic E-state index is -4.02. The van der Waals surface area contributed by atoms with E-state index in [1.807, 2.05) is 0 Å². The number of aryl methyl sites for hydroxylation is 1. The number of fused-ring (bicyclic) bond motifs is 1. The monoisotopic (exact) mass is 383 g/mol. The van der Waals surface area contributed by atoms with Gasteiger partial charge in [-0.05, 0) is 43.4 Å². The average Bonchev–Trinajstić information content (AvgIpc) is 2.94. The van der Waals surface area contributed by atoms with E-state index in [2.05, 4.69) is 17.2 Å². The number of halogens is 1. The number of hydrogen-bond acceptors (Lipinski definition) is 5. The third-order valence-corrected chi connectivity index (χ3v) is 6.30. The van der Waals surface area contributed by atoms with E-state index >= 15 is 0 Å². The number of sulfonamides is 1. The minimum Gasteiger partial charge on any atom is -0.298 e. The molecule has 0 fully saturated rings. The highest BCUT2D eigenvalue weighted by Crippen LogP contribution is 2.33. The molecule has 1 unspecified atom stereocenters. The van der Waals surface area contributed by atoms with Gasteiger partial charge in [-0.2, -0.15) is 0 Å². The molecule has 25 heavy (non-hydrogen) atoms. The molecule has 0 bridgehead atoms. The number of primary sulfonamides is 1. The van der Waals surface area contributed by atoms with Crippen LogP contribution < -0.4 is 10.5 Å². The second-order valence-electron chi connectivity index (χ2n) is 6.05. The van der Waals surface area contributed by atoms with E-state index in [1.165, 1.54) is 16.2 Å². The topological polar surface area (TPSA) is 102 Å². The fraction of sp³-hybridized carbons (Fsp3) is 0.375. The van der Waals surface area contributed by atoms with E-state index in [9.17, 15) is 17.6 Å². The summed E-state index contributed by atoms with van der Waals surface area (Å²) in [6, 6.07) is 2.94. The Bertz CT molecular complexity index is 925. The van der Waals surface area contributed by atoms with Crippen molar-refractivity contribution in [2.24, 2.45) is 11.1 Å². The lowest BCUT2D eigenvalue weighted by atomic mass is 9.89. The fourth-order valence-corrected chi connectivity index (χ4v) is 4.51. The molecule has 0 saturated carbocycles. The van der Waals surface area contributed by atoms with Crippen molar-refractivity contribution >= 4 is 32.4 Å². The SMILES string of the molecule is CCC1CCc2nc(NC(=O)c3ccc(S(N)(=O)=O)cc3F)sc2C1. The molecule has 1 aromatic carbocycles. The lowest BCUT2D eigenvalue weighted by Crippen LogP contribution is -2.16. The maximum Gasteiger partial charge on any atom is 0.260 e. The number of thiazole rings is 1. The number of carbonyl (C=O) groups excluding carboxylic acids is 1. The second kappa shape index (κ2) is 6.81. The van der Waals surface area contributed by atoms with Crippen LogP contribution in [0.15, 0.2) is 23.1 Å². The molecule has 9 heteroatoms. The molecule has 1 amide bonds. The lowest BCUT2D eigenvalue weighted by Gasteiger charge is -2.18. The predicted molar refractivity (Wildman–Crippen MR) is 93.6 cm³/mol. The maximum atomic E-state index is 14.1. The molecule has 0 saturated heterocycles. The predicted octanol–water partition coefficient (Wildman–Crippen LogP) is 2.70. The largest absolute Gasteiger partial charge is 0.298 e. The van der Waals surface area contributed by atoms with Gasteiger partial charge in [0.2, 0.25) is 10.0 Å². The van der Waals surface area contributed by atoms with Crippen LogP contribution in [0.25, 0.3) is 0 Å². The van der Waals surface area contributed by atoms with Gasteiger partial charge in [0.05, 0.1) is 16.2 Å². The molecule has 6 nitrogen and oxygen atoms in total. The quantitative estimate of drug-likeness (QED) is 0.847. The molecule has 1 aromatic heterocycles. The van der Waals surface area contributed by atoms with Crippen LogP contribution >= 0.6 is 11.3 Å². The summed E-state index contributed by atoms with van der Waals surface area (Å²) in [7, 11) is -4.02. The summed E-state index contributed by atoms with van der Waals surface area (Å²) < 4.78 is 36.5. The van der Waals surface area contributed by atoms with E-state index in [4.69, 9.17) is 5.14 Å². The first-order valence-corrected chi connectivity index (χ1v) is 10.3. The third kappa shape index (κ3) is 3.88. The molecule has 134 valence electrons. The number of aromatic nitrogens is 1. The van der Waals surface area contributed by atoms with Gasteiger partial charge in [0.25, 0.3) is 5.91 Å². The Labute approximate surface area is 149 Å². The van der Waals surface area contributed by atoms with Gasteiger partial charge in [-0.3, -0.25) is 10.1 Å². The third-order valence-electron chi connectivity index (χ3n) is 4.35. The van der Waals surface area contributed by atoms with Crippen molar-refractivity contribution in [3.8, 4) is 0 Å². The van der Waals surface area contributed by atoms with Crippen LogP contribution in [0.1, 0.15) is 40.7 Å². The Hall–Kier alpha value is -1.84. The molecule has 2 aromatic rings. The molecule has 0 aliphatic heterocycles. The second-order valence-corrected chi connectivity index (χ2v) is 8.69. The Morgan fingerprint density at radius 1 is 1.48 bits per heavy atom. The van der Waals surface area contributed by atoms with E-state index in [0.717, 1.165) is 49.6 Å². The number of carbonyl (C=O) groups is 1. The standard InChI is InChI=1S/C16H18FN3O3S2/c1-2-9-3-6-13-14(7-9)24-16(19-13)20-15(21)11-5-4-10(8-12(11)17)25(18,22)23/h4-5,8-9H,2-3,6-7H2,1H3,(H2,18,22,23)(H,19,20,21). The fourth-order valence-electron chi connectivity index (χ4n) is 2.87. The van der Waals surface area contributed by atoms with Crippen LogP contribution in [0.2, 0.25) is 0 Å². The first-order valence-electron chi connectivity index (χ1n) is 7.90. The van der Waals surface area contributed by atoms with Crippen molar-refractivity contribution in [1.82, 2.24) is 4.98 Å². The zero-order valence-corrected chi connectivity index (χ0v) is 15.2. The average molecular weight is 383 g/mol. The Morgan fingerprint density at radius 3 is 2.88 bits per heavy atom. The lowest BCUT2D eigenvalue weighted by molar-refractivity contribution is 0.102. The van der Waals surface area contributed by atoms with Crippen LogP contribution in [0, 0.1) is 11.7 Å². The van der Waals surface area contributed by atoms with Crippen molar-refractivity contribution in [3.05, 3.63) is 40.2 Å². The van der Waals surface area contributed by atoms with Gasteiger partial charge in [0.1, 0.15) is 5.82 Å².